The third kappa shape index (κ3) is 2.76. The maximum Gasteiger partial charge on any atom is 0.325 e. The van der Waals surface area contributed by atoms with E-state index in [9.17, 15) is 14.4 Å². The van der Waals surface area contributed by atoms with Crippen LogP contribution in [0.15, 0.2) is 48.5 Å². The van der Waals surface area contributed by atoms with Crippen molar-refractivity contribution in [2.75, 3.05) is 19.7 Å². The van der Waals surface area contributed by atoms with Gasteiger partial charge in [-0.05, 0) is 23.6 Å². The molecule has 0 aliphatic carbocycles. The molecule has 7 heteroatoms. The van der Waals surface area contributed by atoms with Gasteiger partial charge in [0, 0.05) is 25.1 Å². The molecule has 2 aromatic rings. The van der Waals surface area contributed by atoms with Gasteiger partial charge in [-0.1, -0.05) is 42.5 Å². The van der Waals surface area contributed by atoms with Gasteiger partial charge in [0.2, 0.25) is 5.91 Å². The lowest BCUT2D eigenvalue weighted by Crippen LogP contribution is -2.48. The van der Waals surface area contributed by atoms with Crippen LogP contribution in [0.4, 0.5) is 4.79 Å². The predicted molar refractivity (Wildman–Crippen MR) is 104 cm³/mol. The summed E-state index contributed by atoms with van der Waals surface area (Å²) in [6, 6.07) is 14.7. The fourth-order valence-corrected chi connectivity index (χ4v) is 4.46. The highest BCUT2D eigenvalue weighted by atomic mass is 16.5. The van der Waals surface area contributed by atoms with Crippen molar-refractivity contribution < 1.29 is 19.1 Å². The molecule has 5 rings (SSSR count). The molecular formula is C22H21N3O4. The van der Waals surface area contributed by atoms with E-state index < -0.39 is 11.6 Å². The number of hydrogen-bond donors (Lipinski definition) is 1. The van der Waals surface area contributed by atoms with Gasteiger partial charge >= 0.3 is 6.03 Å². The van der Waals surface area contributed by atoms with Crippen molar-refractivity contribution in [3.05, 3.63) is 65.2 Å². The fraction of sp³-hybridized carbons (Fsp3) is 0.318. The Hall–Kier alpha value is -3.35. The number of para-hydroxylation sites is 1. The first kappa shape index (κ1) is 17.7. The molecule has 1 N–H and O–H groups in total. The summed E-state index contributed by atoms with van der Waals surface area (Å²) < 4.78 is 5.64. The second-order valence-corrected chi connectivity index (χ2v) is 7.66. The number of amides is 4. The van der Waals surface area contributed by atoms with Crippen LogP contribution in [0.25, 0.3) is 0 Å². The monoisotopic (exact) mass is 391 g/mol. The number of fused-ring (bicyclic) bond motifs is 3. The van der Waals surface area contributed by atoms with Crippen molar-refractivity contribution in [1.29, 1.82) is 0 Å². The van der Waals surface area contributed by atoms with Crippen LogP contribution in [0, 0.1) is 0 Å². The van der Waals surface area contributed by atoms with Crippen LogP contribution in [-0.4, -0.2) is 47.3 Å². The third-order valence-electron chi connectivity index (χ3n) is 6.03. The number of hydrogen-bond acceptors (Lipinski definition) is 4. The summed E-state index contributed by atoms with van der Waals surface area (Å²) >= 11 is 0. The minimum absolute atomic E-state index is 0.222. The maximum absolute atomic E-state index is 13.3. The molecule has 2 aromatic carbocycles. The summed E-state index contributed by atoms with van der Waals surface area (Å²) in [5.74, 6) is -0.0161. The van der Waals surface area contributed by atoms with Crippen LogP contribution in [0.1, 0.15) is 23.1 Å². The smallest absolute Gasteiger partial charge is 0.325 e. The molecule has 3 aliphatic rings. The van der Waals surface area contributed by atoms with Crippen LogP contribution in [0.2, 0.25) is 0 Å². The van der Waals surface area contributed by atoms with Crippen molar-refractivity contribution in [2.24, 2.45) is 0 Å². The largest absolute Gasteiger partial charge is 0.493 e. The van der Waals surface area contributed by atoms with Gasteiger partial charge in [0.25, 0.3) is 5.91 Å². The lowest BCUT2D eigenvalue weighted by atomic mass is 9.84. The summed E-state index contributed by atoms with van der Waals surface area (Å²) in [4.78, 5) is 41.6. The minimum atomic E-state index is -1.15. The number of rotatable bonds is 2. The van der Waals surface area contributed by atoms with Crippen molar-refractivity contribution in [1.82, 2.24) is 15.1 Å². The molecule has 29 heavy (non-hydrogen) atoms. The molecule has 1 atom stereocenters. The molecule has 7 nitrogen and oxygen atoms in total. The van der Waals surface area contributed by atoms with E-state index >= 15 is 0 Å². The maximum atomic E-state index is 13.3. The minimum Gasteiger partial charge on any atom is -0.493 e. The number of nitrogens with one attached hydrogen (secondary N) is 1. The van der Waals surface area contributed by atoms with E-state index in [0.29, 0.717) is 37.4 Å². The second-order valence-electron chi connectivity index (χ2n) is 7.66. The van der Waals surface area contributed by atoms with Gasteiger partial charge < -0.3 is 15.0 Å². The Bertz CT molecular complexity index is 1020. The Morgan fingerprint density at radius 3 is 2.69 bits per heavy atom. The Labute approximate surface area is 168 Å². The van der Waals surface area contributed by atoms with Crippen molar-refractivity contribution >= 4 is 17.8 Å². The Morgan fingerprint density at radius 2 is 1.83 bits per heavy atom. The van der Waals surface area contributed by atoms with Gasteiger partial charge in [0.15, 0.2) is 5.54 Å². The number of urea groups is 1. The fourth-order valence-electron chi connectivity index (χ4n) is 4.46. The van der Waals surface area contributed by atoms with Gasteiger partial charge in [-0.25, -0.2) is 4.79 Å². The topological polar surface area (TPSA) is 79.0 Å². The van der Waals surface area contributed by atoms with Crippen LogP contribution in [-0.2, 0) is 28.1 Å². The lowest BCUT2D eigenvalue weighted by Gasteiger charge is -2.33. The van der Waals surface area contributed by atoms with Crippen LogP contribution in [0.5, 0.6) is 5.75 Å². The summed E-state index contributed by atoms with van der Waals surface area (Å²) in [5, 5.41) is 2.84. The van der Waals surface area contributed by atoms with Gasteiger partial charge in [-0.3, -0.25) is 14.5 Å². The number of ether oxygens (including phenoxy) is 1. The molecule has 1 spiro atoms. The quantitative estimate of drug-likeness (QED) is 0.792. The van der Waals surface area contributed by atoms with Crippen LogP contribution in [0.3, 0.4) is 0 Å². The number of benzene rings is 2. The van der Waals surface area contributed by atoms with E-state index in [1.165, 1.54) is 5.56 Å². The number of carbonyl (C=O) groups excluding carboxylic acids is 3. The Kier molecular flexibility index (Phi) is 4.04. The summed E-state index contributed by atoms with van der Waals surface area (Å²) in [7, 11) is 0. The molecule has 0 radical (unpaired) electrons. The molecule has 0 bridgehead atoms. The Balaban J connectivity index is 1.36. The highest BCUT2D eigenvalue weighted by molar-refractivity contribution is 6.09. The van der Waals surface area contributed by atoms with E-state index in [-0.39, 0.29) is 18.4 Å². The molecule has 0 aromatic heterocycles. The summed E-state index contributed by atoms with van der Waals surface area (Å²) in [6.07, 6.45) is 1.12. The van der Waals surface area contributed by atoms with E-state index in [1.807, 2.05) is 30.3 Å². The zero-order chi connectivity index (χ0) is 20.0. The Morgan fingerprint density at radius 1 is 1.07 bits per heavy atom. The molecule has 1 fully saturated rings. The van der Waals surface area contributed by atoms with E-state index in [0.717, 1.165) is 16.9 Å². The first-order valence-electron chi connectivity index (χ1n) is 9.79. The SMILES string of the molecule is O=C(CN1C(=O)NC2(CCOc3ccccc32)C1=O)N1CCc2ccccc2C1. The van der Waals surface area contributed by atoms with Crippen molar-refractivity contribution in [3.8, 4) is 5.75 Å². The summed E-state index contributed by atoms with van der Waals surface area (Å²) in [5.41, 5.74) is 1.84. The average Bonchev–Trinajstić information content (AvgIpc) is 2.98. The molecule has 3 heterocycles. The van der Waals surface area contributed by atoms with E-state index in [4.69, 9.17) is 4.74 Å². The standard InChI is InChI=1S/C22H21N3O4/c26-19(24-11-9-15-5-1-2-6-16(15)13-24)14-25-20(27)22(23-21(25)28)10-12-29-18-8-4-3-7-17(18)22/h1-8H,9-14H2,(H,23,28). The lowest BCUT2D eigenvalue weighted by molar-refractivity contribution is -0.140. The third-order valence-corrected chi connectivity index (χ3v) is 6.03. The molecule has 0 saturated carbocycles. The molecule has 1 unspecified atom stereocenters. The van der Waals surface area contributed by atoms with Crippen molar-refractivity contribution in [2.45, 2.75) is 24.9 Å². The van der Waals surface area contributed by atoms with E-state index in [1.54, 1.807) is 17.0 Å². The van der Waals surface area contributed by atoms with Gasteiger partial charge in [0.1, 0.15) is 12.3 Å². The highest BCUT2D eigenvalue weighted by Crippen LogP contribution is 2.40. The molecule has 3 aliphatic heterocycles. The highest BCUT2D eigenvalue weighted by Gasteiger charge is 2.55. The van der Waals surface area contributed by atoms with Gasteiger partial charge in [0.05, 0.1) is 6.61 Å². The van der Waals surface area contributed by atoms with Crippen LogP contribution < -0.4 is 10.1 Å². The predicted octanol–water partition coefficient (Wildman–Crippen LogP) is 1.80. The molecular weight excluding hydrogens is 370 g/mol. The normalized spacial score (nSPS) is 22.8. The van der Waals surface area contributed by atoms with Crippen LogP contribution >= 0.6 is 0 Å². The number of nitrogens with zero attached hydrogens (tertiary/aromatic N) is 2. The first-order valence-corrected chi connectivity index (χ1v) is 9.79. The molecule has 1 saturated heterocycles. The average molecular weight is 391 g/mol. The van der Waals surface area contributed by atoms with E-state index in [2.05, 4.69) is 11.4 Å². The van der Waals surface area contributed by atoms with Crippen molar-refractivity contribution in [3.63, 3.8) is 0 Å². The number of imide groups is 1. The number of carbonyl (C=O) groups is 3. The zero-order valence-electron chi connectivity index (χ0n) is 15.9. The first-order chi connectivity index (χ1) is 14.1. The van der Waals surface area contributed by atoms with Gasteiger partial charge in [-0.2, -0.15) is 0 Å². The van der Waals surface area contributed by atoms with Gasteiger partial charge in [-0.15, -0.1) is 0 Å². The molecule has 148 valence electrons. The second kappa shape index (κ2) is 6.62. The summed E-state index contributed by atoms with van der Waals surface area (Å²) in [6.45, 7) is 1.16. The molecule has 4 amide bonds. The zero-order valence-corrected chi connectivity index (χ0v) is 15.9.